The van der Waals surface area contributed by atoms with Gasteiger partial charge >= 0.3 is 0 Å². The molecule has 1 unspecified atom stereocenters. The van der Waals surface area contributed by atoms with Crippen LogP contribution in [0.1, 0.15) is 32.1 Å². The van der Waals surface area contributed by atoms with E-state index in [0.29, 0.717) is 3.74 Å². The summed E-state index contributed by atoms with van der Waals surface area (Å²) in [4.78, 5) is 0. The van der Waals surface area contributed by atoms with Crippen molar-refractivity contribution in [3.8, 4) is 0 Å². The Morgan fingerprint density at radius 3 is 2.31 bits per heavy atom. The van der Waals surface area contributed by atoms with Crippen LogP contribution < -0.4 is 0 Å². The summed E-state index contributed by atoms with van der Waals surface area (Å²) in [5, 5.41) is 0. The third kappa shape index (κ3) is 5.56. The largest absolute Gasteiger partial charge is 0.0834 e. The van der Waals surface area contributed by atoms with Crippen molar-refractivity contribution in [2.45, 2.75) is 39.1 Å². The fourth-order valence-electron chi connectivity index (χ4n) is 1.67. The van der Waals surface area contributed by atoms with E-state index in [1.165, 1.54) is 32.1 Å². The molecule has 3 radical (unpaired) electrons. The number of rotatable bonds is 2. The quantitative estimate of drug-likeness (QED) is 0.344. The Morgan fingerprint density at radius 1 is 1.23 bits per heavy atom. The van der Waals surface area contributed by atoms with Crippen LogP contribution in [0.4, 0.5) is 0 Å². The van der Waals surface area contributed by atoms with Crippen molar-refractivity contribution in [3.63, 3.8) is 0 Å². The van der Waals surface area contributed by atoms with Crippen LogP contribution in [0.3, 0.4) is 0 Å². The SMILES string of the molecule is BrC(Br)CC1CCCCC1(Br)Br.[Sb]. The van der Waals surface area contributed by atoms with E-state index in [2.05, 4.69) is 63.7 Å². The first-order chi connectivity index (χ1) is 5.52. The van der Waals surface area contributed by atoms with Gasteiger partial charge in [-0.1, -0.05) is 76.6 Å². The van der Waals surface area contributed by atoms with Gasteiger partial charge in [0.1, 0.15) is 0 Å². The first-order valence-electron chi connectivity index (χ1n) is 4.18. The van der Waals surface area contributed by atoms with Gasteiger partial charge in [-0.2, -0.15) is 0 Å². The Morgan fingerprint density at radius 2 is 1.85 bits per heavy atom. The molecular weight excluding hydrogens is 537 g/mol. The number of hydrogen-bond acceptors (Lipinski definition) is 0. The summed E-state index contributed by atoms with van der Waals surface area (Å²) in [5.74, 6) is 0.731. The van der Waals surface area contributed by atoms with Crippen molar-refractivity contribution in [2.75, 3.05) is 0 Å². The van der Waals surface area contributed by atoms with E-state index in [1.807, 2.05) is 0 Å². The summed E-state index contributed by atoms with van der Waals surface area (Å²) >= 11 is 14.6. The third-order valence-corrected chi connectivity index (χ3v) is 5.21. The first kappa shape index (κ1) is 15.7. The van der Waals surface area contributed by atoms with E-state index in [9.17, 15) is 0 Å². The van der Waals surface area contributed by atoms with Gasteiger partial charge in [-0.05, 0) is 25.2 Å². The van der Waals surface area contributed by atoms with Crippen LogP contribution in [0.25, 0.3) is 0 Å². The standard InChI is InChI=1S/C8H12Br4.Sb/c9-7(10)5-6-3-1-2-4-8(6,11)12;/h6-7H,1-5H2;. The van der Waals surface area contributed by atoms with Gasteiger partial charge in [0, 0.05) is 24.4 Å². The van der Waals surface area contributed by atoms with Gasteiger partial charge in [-0.3, -0.25) is 0 Å². The molecule has 0 aliphatic heterocycles. The Balaban J connectivity index is 0.00000144. The van der Waals surface area contributed by atoms with E-state index < -0.39 is 0 Å². The summed E-state index contributed by atoms with van der Waals surface area (Å²) in [6, 6.07) is 0. The maximum absolute atomic E-state index is 3.76. The van der Waals surface area contributed by atoms with Crippen LogP contribution in [0.2, 0.25) is 0 Å². The summed E-state index contributed by atoms with van der Waals surface area (Å²) in [5.41, 5.74) is 0. The Bertz CT molecular complexity index is 149. The molecular formula is C8H12Br4Sb. The summed E-state index contributed by atoms with van der Waals surface area (Å²) in [6.45, 7) is 0. The molecule has 0 saturated heterocycles. The molecule has 0 aromatic heterocycles. The van der Waals surface area contributed by atoms with Crippen LogP contribution in [0.5, 0.6) is 0 Å². The molecule has 1 aliphatic carbocycles. The smallest absolute Gasteiger partial charge is 0.0765 e. The monoisotopic (exact) mass is 545 g/mol. The third-order valence-electron chi connectivity index (χ3n) is 2.37. The molecule has 0 bridgehead atoms. The van der Waals surface area contributed by atoms with Crippen molar-refractivity contribution in [3.05, 3.63) is 0 Å². The van der Waals surface area contributed by atoms with E-state index in [-0.39, 0.29) is 27.7 Å². The molecule has 1 fully saturated rings. The van der Waals surface area contributed by atoms with E-state index in [1.54, 1.807) is 0 Å². The first-order valence-corrected chi connectivity index (χ1v) is 7.60. The average Bonchev–Trinajstić information content (AvgIpc) is 1.92. The van der Waals surface area contributed by atoms with Gasteiger partial charge in [0.15, 0.2) is 0 Å². The molecule has 1 saturated carbocycles. The second-order valence-electron chi connectivity index (χ2n) is 3.33. The molecule has 5 heteroatoms. The van der Waals surface area contributed by atoms with Gasteiger partial charge in [0.05, 0.1) is 6.97 Å². The van der Waals surface area contributed by atoms with Gasteiger partial charge in [-0.15, -0.1) is 0 Å². The molecule has 0 amide bonds. The maximum Gasteiger partial charge on any atom is 0.0834 e. The Kier molecular flexibility index (Phi) is 8.64. The minimum atomic E-state index is 0. The summed E-state index contributed by atoms with van der Waals surface area (Å²) in [6.07, 6.45) is 6.45. The second-order valence-corrected chi connectivity index (χ2v) is 10.7. The Hall–Kier alpha value is 2.74. The number of alkyl halides is 4. The summed E-state index contributed by atoms with van der Waals surface area (Å²) < 4.78 is 0.639. The molecule has 1 aliphatic rings. The van der Waals surface area contributed by atoms with Crippen molar-refractivity contribution >= 4 is 88.1 Å². The van der Waals surface area contributed by atoms with Gasteiger partial charge < -0.3 is 0 Å². The van der Waals surface area contributed by atoms with Gasteiger partial charge in [-0.25, -0.2) is 0 Å². The van der Waals surface area contributed by atoms with Crippen LogP contribution in [-0.2, 0) is 0 Å². The van der Waals surface area contributed by atoms with Crippen molar-refractivity contribution in [1.82, 2.24) is 0 Å². The zero-order valence-corrected chi connectivity index (χ0v) is 16.0. The normalized spacial score (nSPS) is 27.0. The molecule has 0 nitrogen and oxygen atoms in total. The molecule has 0 aromatic carbocycles. The fourth-order valence-corrected chi connectivity index (χ4v) is 3.97. The minimum absolute atomic E-state index is 0. The fraction of sp³-hybridized carbons (Fsp3) is 1.00. The maximum atomic E-state index is 3.76. The zero-order chi connectivity index (χ0) is 9.19. The molecule has 0 spiro atoms. The predicted molar refractivity (Wildman–Crippen MR) is 74.6 cm³/mol. The van der Waals surface area contributed by atoms with E-state index >= 15 is 0 Å². The van der Waals surface area contributed by atoms with Crippen molar-refractivity contribution in [2.24, 2.45) is 5.92 Å². The topological polar surface area (TPSA) is 0 Å². The van der Waals surface area contributed by atoms with Crippen molar-refractivity contribution < 1.29 is 0 Å². The Labute approximate surface area is 131 Å². The van der Waals surface area contributed by atoms with Gasteiger partial charge in [0.2, 0.25) is 0 Å². The molecule has 0 N–H and O–H groups in total. The van der Waals surface area contributed by atoms with Crippen molar-refractivity contribution in [1.29, 1.82) is 0 Å². The van der Waals surface area contributed by atoms with Crippen LogP contribution >= 0.6 is 63.7 Å². The van der Waals surface area contributed by atoms with E-state index in [0.717, 1.165) is 5.92 Å². The van der Waals surface area contributed by atoms with Crippen LogP contribution in [0.15, 0.2) is 0 Å². The molecule has 77 valence electrons. The number of halogens is 4. The van der Waals surface area contributed by atoms with Gasteiger partial charge in [0.25, 0.3) is 0 Å². The second kappa shape index (κ2) is 7.14. The zero-order valence-electron chi connectivity index (χ0n) is 7.15. The molecule has 1 rings (SSSR count). The molecule has 1 atom stereocenters. The van der Waals surface area contributed by atoms with Crippen LogP contribution in [0, 0.1) is 5.92 Å². The molecule has 0 heterocycles. The van der Waals surface area contributed by atoms with E-state index in [4.69, 9.17) is 0 Å². The predicted octanol–water partition coefficient (Wildman–Crippen LogP) is 4.79. The minimum Gasteiger partial charge on any atom is -0.0765 e. The summed E-state index contributed by atoms with van der Waals surface area (Å²) in [7, 11) is 0. The molecule has 13 heavy (non-hydrogen) atoms. The van der Waals surface area contributed by atoms with Crippen LogP contribution in [-0.4, -0.2) is 31.4 Å². The number of hydrogen-bond donors (Lipinski definition) is 0. The molecule has 0 aromatic rings. The average molecular weight is 550 g/mol.